The number of benzene rings is 2. The molecule has 2 aromatic heterocycles. The number of fused-ring (bicyclic) bond motifs is 1. The van der Waals surface area contributed by atoms with Gasteiger partial charge in [0.1, 0.15) is 5.82 Å². The molecule has 0 aliphatic heterocycles. The summed E-state index contributed by atoms with van der Waals surface area (Å²) in [7, 11) is 3.71. The molecule has 0 atom stereocenters. The highest BCUT2D eigenvalue weighted by Crippen LogP contribution is 2.26. The van der Waals surface area contributed by atoms with E-state index < -0.39 is 0 Å². The summed E-state index contributed by atoms with van der Waals surface area (Å²) in [6.45, 7) is 2.06. The first-order valence-corrected chi connectivity index (χ1v) is 9.57. The SMILES string of the molecule is Cc1ccccc1-c1nnc(SCc2nc3ccccc3c(=O)n2C)n1C. The van der Waals surface area contributed by atoms with Crippen molar-refractivity contribution in [3.63, 3.8) is 0 Å². The summed E-state index contributed by atoms with van der Waals surface area (Å²) in [5, 5.41) is 10.1. The van der Waals surface area contributed by atoms with Crippen molar-refractivity contribution in [2.45, 2.75) is 17.8 Å². The average Bonchev–Trinajstić information content (AvgIpc) is 3.04. The highest BCUT2D eigenvalue weighted by Gasteiger charge is 2.14. The standard InChI is InChI=1S/C20H19N5OS/c1-13-8-4-5-9-14(13)18-22-23-20(25(18)3)27-12-17-21-16-11-7-6-10-15(16)19(26)24(17)2/h4-11H,12H2,1-3H3. The van der Waals surface area contributed by atoms with E-state index >= 15 is 0 Å². The molecule has 0 saturated heterocycles. The Morgan fingerprint density at radius 1 is 0.963 bits per heavy atom. The minimum Gasteiger partial charge on any atom is -0.305 e. The van der Waals surface area contributed by atoms with E-state index in [0.29, 0.717) is 17.0 Å². The van der Waals surface area contributed by atoms with Crippen LogP contribution in [0.25, 0.3) is 22.3 Å². The van der Waals surface area contributed by atoms with Crippen LogP contribution in [0.4, 0.5) is 0 Å². The highest BCUT2D eigenvalue weighted by molar-refractivity contribution is 7.98. The van der Waals surface area contributed by atoms with Gasteiger partial charge >= 0.3 is 0 Å². The molecule has 0 aliphatic rings. The van der Waals surface area contributed by atoms with Crippen molar-refractivity contribution in [3.05, 3.63) is 70.3 Å². The van der Waals surface area contributed by atoms with Crippen LogP contribution in [-0.2, 0) is 19.8 Å². The molecule has 0 N–H and O–H groups in total. The third-order valence-electron chi connectivity index (χ3n) is 4.63. The summed E-state index contributed by atoms with van der Waals surface area (Å²) in [5.74, 6) is 2.08. The van der Waals surface area contributed by atoms with Gasteiger partial charge in [-0.2, -0.15) is 0 Å². The zero-order valence-electron chi connectivity index (χ0n) is 15.4. The van der Waals surface area contributed by atoms with Crippen LogP contribution in [0.2, 0.25) is 0 Å². The van der Waals surface area contributed by atoms with Crippen LogP contribution in [-0.4, -0.2) is 24.3 Å². The topological polar surface area (TPSA) is 65.6 Å². The molecular weight excluding hydrogens is 358 g/mol. The second-order valence-electron chi connectivity index (χ2n) is 6.38. The molecular formula is C20H19N5OS. The van der Waals surface area contributed by atoms with E-state index in [1.165, 1.54) is 11.8 Å². The van der Waals surface area contributed by atoms with E-state index in [1.807, 2.05) is 48.0 Å². The molecule has 2 aromatic carbocycles. The van der Waals surface area contributed by atoms with Crippen molar-refractivity contribution in [3.8, 4) is 11.4 Å². The van der Waals surface area contributed by atoms with E-state index in [2.05, 4.69) is 28.2 Å². The number of aryl methyl sites for hydroxylation is 1. The Balaban J connectivity index is 1.64. The molecule has 0 unspecified atom stereocenters. The van der Waals surface area contributed by atoms with Crippen molar-refractivity contribution in [1.82, 2.24) is 24.3 Å². The zero-order chi connectivity index (χ0) is 19.0. The van der Waals surface area contributed by atoms with Crippen LogP contribution in [0.1, 0.15) is 11.4 Å². The molecule has 0 amide bonds. The lowest BCUT2D eigenvalue weighted by molar-refractivity contribution is 0.773. The molecule has 27 heavy (non-hydrogen) atoms. The maximum atomic E-state index is 12.5. The molecule has 4 aromatic rings. The quantitative estimate of drug-likeness (QED) is 0.511. The molecule has 2 heterocycles. The lowest BCUT2D eigenvalue weighted by Crippen LogP contribution is -2.21. The molecule has 0 bridgehead atoms. The minimum atomic E-state index is -0.0326. The Labute approximate surface area is 160 Å². The number of hydrogen-bond donors (Lipinski definition) is 0. The van der Waals surface area contributed by atoms with Gasteiger partial charge in [-0.15, -0.1) is 10.2 Å². The Hall–Kier alpha value is -2.93. The summed E-state index contributed by atoms with van der Waals surface area (Å²) >= 11 is 1.52. The molecule has 0 spiro atoms. The molecule has 0 saturated carbocycles. The van der Waals surface area contributed by atoms with Gasteiger partial charge in [-0.1, -0.05) is 48.2 Å². The number of thioether (sulfide) groups is 1. The molecule has 6 nitrogen and oxygen atoms in total. The maximum Gasteiger partial charge on any atom is 0.261 e. The molecule has 0 radical (unpaired) electrons. The fourth-order valence-corrected chi connectivity index (χ4v) is 3.92. The Morgan fingerprint density at radius 2 is 1.70 bits per heavy atom. The van der Waals surface area contributed by atoms with Crippen LogP contribution in [0, 0.1) is 6.92 Å². The van der Waals surface area contributed by atoms with Gasteiger partial charge in [0.15, 0.2) is 11.0 Å². The van der Waals surface area contributed by atoms with Gasteiger partial charge in [-0.05, 0) is 24.6 Å². The van der Waals surface area contributed by atoms with Gasteiger partial charge in [-0.25, -0.2) is 4.98 Å². The maximum absolute atomic E-state index is 12.5. The molecule has 7 heteroatoms. The third-order valence-corrected chi connectivity index (χ3v) is 5.64. The summed E-state index contributed by atoms with van der Waals surface area (Å²) in [6, 6.07) is 15.5. The Morgan fingerprint density at radius 3 is 2.52 bits per heavy atom. The van der Waals surface area contributed by atoms with Gasteiger partial charge in [0.25, 0.3) is 5.56 Å². The van der Waals surface area contributed by atoms with Crippen molar-refractivity contribution >= 4 is 22.7 Å². The van der Waals surface area contributed by atoms with Gasteiger partial charge in [0.05, 0.1) is 16.7 Å². The summed E-state index contributed by atoms with van der Waals surface area (Å²) < 4.78 is 3.58. The highest BCUT2D eigenvalue weighted by atomic mass is 32.2. The smallest absolute Gasteiger partial charge is 0.261 e. The first-order valence-electron chi connectivity index (χ1n) is 8.59. The first-order chi connectivity index (χ1) is 13.1. The van der Waals surface area contributed by atoms with E-state index in [0.717, 1.165) is 27.6 Å². The number of aromatic nitrogens is 5. The van der Waals surface area contributed by atoms with Gasteiger partial charge in [0, 0.05) is 19.7 Å². The fraction of sp³-hybridized carbons (Fsp3) is 0.200. The van der Waals surface area contributed by atoms with Crippen LogP contribution >= 0.6 is 11.8 Å². The van der Waals surface area contributed by atoms with E-state index in [1.54, 1.807) is 17.7 Å². The summed E-state index contributed by atoms with van der Waals surface area (Å²) in [6.07, 6.45) is 0. The van der Waals surface area contributed by atoms with Gasteiger partial charge in [-0.3, -0.25) is 9.36 Å². The van der Waals surface area contributed by atoms with Crippen molar-refractivity contribution in [1.29, 1.82) is 0 Å². The van der Waals surface area contributed by atoms with Crippen LogP contribution < -0.4 is 5.56 Å². The van der Waals surface area contributed by atoms with Crippen LogP contribution in [0.3, 0.4) is 0 Å². The normalized spacial score (nSPS) is 11.2. The fourth-order valence-electron chi connectivity index (χ4n) is 3.02. The number of para-hydroxylation sites is 1. The monoisotopic (exact) mass is 377 g/mol. The van der Waals surface area contributed by atoms with Crippen LogP contribution in [0.5, 0.6) is 0 Å². The predicted octanol–water partition coefficient (Wildman–Crippen LogP) is 3.33. The zero-order valence-corrected chi connectivity index (χ0v) is 16.2. The van der Waals surface area contributed by atoms with E-state index in [4.69, 9.17) is 0 Å². The largest absolute Gasteiger partial charge is 0.305 e. The average molecular weight is 377 g/mol. The summed E-state index contributed by atoms with van der Waals surface area (Å²) in [4.78, 5) is 17.2. The minimum absolute atomic E-state index is 0.0326. The third kappa shape index (κ3) is 3.14. The molecule has 0 fully saturated rings. The van der Waals surface area contributed by atoms with Crippen LogP contribution in [0.15, 0.2) is 58.5 Å². The molecule has 0 aliphatic carbocycles. The van der Waals surface area contributed by atoms with Gasteiger partial charge < -0.3 is 4.57 Å². The predicted molar refractivity (Wildman–Crippen MR) is 108 cm³/mol. The molecule has 136 valence electrons. The lowest BCUT2D eigenvalue weighted by atomic mass is 10.1. The summed E-state index contributed by atoms with van der Waals surface area (Å²) in [5.41, 5.74) is 2.91. The number of rotatable bonds is 4. The Bertz CT molecular complexity index is 1190. The van der Waals surface area contributed by atoms with Crippen molar-refractivity contribution in [2.75, 3.05) is 0 Å². The van der Waals surface area contributed by atoms with Crippen molar-refractivity contribution in [2.24, 2.45) is 14.1 Å². The van der Waals surface area contributed by atoms with Gasteiger partial charge in [0.2, 0.25) is 0 Å². The van der Waals surface area contributed by atoms with Crippen molar-refractivity contribution < 1.29 is 0 Å². The first kappa shape index (κ1) is 17.5. The Kier molecular flexibility index (Phi) is 4.53. The lowest BCUT2D eigenvalue weighted by Gasteiger charge is -2.09. The second-order valence-corrected chi connectivity index (χ2v) is 7.32. The molecule has 4 rings (SSSR count). The number of hydrogen-bond acceptors (Lipinski definition) is 5. The number of nitrogens with zero attached hydrogens (tertiary/aromatic N) is 5. The van der Waals surface area contributed by atoms with E-state index in [-0.39, 0.29) is 5.56 Å². The van der Waals surface area contributed by atoms with E-state index in [9.17, 15) is 4.79 Å². The second kappa shape index (κ2) is 7.00.